The first kappa shape index (κ1) is 23.2. The lowest BCUT2D eigenvalue weighted by Gasteiger charge is -2.25. The number of halogens is 1. The number of benzene rings is 1. The van der Waals surface area contributed by atoms with Gasteiger partial charge in [0.05, 0.1) is 6.04 Å². The lowest BCUT2D eigenvalue weighted by Crippen LogP contribution is -2.42. The first-order valence-corrected chi connectivity index (χ1v) is 12.5. The molecule has 5 nitrogen and oxygen atoms in total. The summed E-state index contributed by atoms with van der Waals surface area (Å²) in [5, 5.41) is 7.80. The summed E-state index contributed by atoms with van der Waals surface area (Å²) in [5.74, 6) is 0.102. The van der Waals surface area contributed by atoms with Crippen LogP contribution in [0, 0.1) is 0 Å². The van der Waals surface area contributed by atoms with Crippen molar-refractivity contribution < 1.29 is 4.79 Å². The van der Waals surface area contributed by atoms with Gasteiger partial charge in [-0.05, 0) is 48.6 Å². The van der Waals surface area contributed by atoms with Gasteiger partial charge in [-0.2, -0.15) is 0 Å². The fourth-order valence-electron chi connectivity index (χ4n) is 5.06. The standard InChI is InChI=1S/C26H35ClN4O/c27-22-12-10-20(11-13-22)18-31-19-24(30-23-8-4-2-1-3-5-9-23)15-25(31)26(32)29-17-21-7-6-14-28-16-21/h6-7,10-14,16,23-25,30H,1-5,8-9,15,17-19H2,(H,29,32)/t24-,25-/m0/s1. The van der Waals surface area contributed by atoms with Crippen molar-refractivity contribution in [3.8, 4) is 0 Å². The van der Waals surface area contributed by atoms with Crippen molar-refractivity contribution in [2.24, 2.45) is 0 Å². The van der Waals surface area contributed by atoms with E-state index in [-0.39, 0.29) is 11.9 Å². The summed E-state index contributed by atoms with van der Waals surface area (Å²) in [5.41, 5.74) is 2.21. The topological polar surface area (TPSA) is 57.3 Å². The normalized spacial score (nSPS) is 22.9. The first-order chi connectivity index (χ1) is 15.7. The Balaban J connectivity index is 1.40. The van der Waals surface area contributed by atoms with Crippen molar-refractivity contribution in [2.75, 3.05) is 6.54 Å². The Hall–Kier alpha value is -1.95. The van der Waals surface area contributed by atoms with Crippen LogP contribution in [0.3, 0.4) is 0 Å². The maximum absolute atomic E-state index is 13.2. The Labute approximate surface area is 196 Å². The molecule has 1 amide bonds. The van der Waals surface area contributed by atoms with Gasteiger partial charge in [-0.1, -0.05) is 61.9 Å². The molecule has 32 heavy (non-hydrogen) atoms. The van der Waals surface area contributed by atoms with E-state index in [1.807, 2.05) is 24.3 Å². The fourth-order valence-corrected chi connectivity index (χ4v) is 5.19. The molecule has 1 aliphatic carbocycles. The molecule has 4 rings (SSSR count). The van der Waals surface area contributed by atoms with Gasteiger partial charge < -0.3 is 10.6 Å². The van der Waals surface area contributed by atoms with Crippen LogP contribution in [-0.2, 0) is 17.9 Å². The predicted octanol–water partition coefficient (Wildman–Crippen LogP) is 4.70. The van der Waals surface area contributed by atoms with Gasteiger partial charge in [0.25, 0.3) is 0 Å². The van der Waals surface area contributed by atoms with Crippen LogP contribution in [0.15, 0.2) is 48.8 Å². The number of carbonyl (C=O) groups excluding carboxylic acids is 1. The zero-order valence-corrected chi connectivity index (χ0v) is 19.6. The highest BCUT2D eigenvalue weighted by molar-refractivity contribution is 6.30. The third-order valence-electron chi connectivity index (χ3n) is 6.77. The van der Waals surface area contributed by atoms with E-state index in [0.717, 1.165) is 30.1 Å². The van der Waals surface area contributed by atoms with Gasteiger partial charge in [0, 0.05) is 49.1 Å². The second-order valence-electron chi connectivity index (χ2n) is 9.29. The average molecular weight is 455 g/mol. The minimum Gasteiger partial charge on any atom is -0.351 e. The summed E-state index contributed by atoms with van der Waals surface area (Å²) in [6.45, 7) is 2.16. The SMILES string of the molecule is O=C(NCc1cccnc1)[C@@H]1C[C@H](NC2CCCCCCC2)CN1Cc1ccc(Cl)cc1. The number of hydrogen-bond donors (Lipinski definition) is 2. The van der Waals surface area contributed by atoms with E-state index in [1.165, 1.54) is 50.5 Å². The third-order valence-corrected chi connectivity index (χ3v) is 7.02. The highest BCUT2D eigenvalue weighted by Crippen LogP contribution is 2.24. The van der Waals surface area contributed by atoms with Crippen LogP contribution in [0.5, 0.6) is 0 Å². The lowest BCUT2D eigenvalue weighted by atomic mass is 9.96. The molecule has 2 N–H and O–H groups in total. The monoisotopic (exact) mass is 454 g/mol. The number of rotatable bonds is 7. The Morgan fingerprint density at radius 3 is 2.47 bits per heavy atom. The molecule has 0 radical (unpaired) electrons. The maximum Gasteiger partial charge on any atom is 0.237 e. The molecule has 0 bridgehead atoms. The van der Waals surface area contributed by atoms with E-state index in [9.17, 15) is 4.79 Å². The van der Waals surface area contributed by atoms with Gasteiger partial charge in [0.2, 0.25) is 5.91 Å². The number of nitrogens with one attached hydrogen (secondary N) is 2. The number of aromatic nitrogens is 1. The Bertz CT molecular complexity index is 837. The molecule has 2 atom stereocenters. The quantitative estimate of drug-likeness (QED) is 0.636. The molecule has 172 valence electrons. The van der Waals surface area contributed by atoms with E-state index in [4.69, 9.17) is 11.6 Å². The van der Waals surface area contributed by atoms with Crippen molar-refractivity contribution in [1.82, 2.24) is 20.5 Å². The number of likely N-dealkylation sites (tertiary alicyclic amines) is 1. The molecule has 0 unspecified atom stereocenters. The summed E-state index contributed by atoms with van der Waals surface area (Å²) < 4.78 is 0. The Morgan fingerprint density at radius 2 is 1.75 bits per heavy atom. The smallest absolute Gasteiger partial charge is 0.237 e. The highest BCUT2D eigenvalue weighted by atomic mass is 35.5. The van der Waals surface area contributed by atoms with Crippen LogP contribution in [0.25, 0.3) is 0 Å². The van der Waals surface area contributed by atoms with E-state index in [1.54, 1.807) is 12.4 Å². The van der Waals surface area contributed by atoms with Gasteiger partial charge >= 0.3 is 0 Å². The maximum atomic E-state index is 13.2. The zero-order valence-electron chi connectivity index (χ0n) is 18.8. The third kappa shape index (κ3) is 6.77. The molecular weight excluding hydrogens is 420 g/mol. The van der Waals surface area contributed by atoms with Crippen molar-refractivity contribution in [1.29, 1.82) is 0 Å². The van der Waals surface area contributed by atoms with E-state index >= 15 is 0 Å². The first-order valence-electron chi connectivity index (χ1n) is 12.1. The minimum atomic E-state index is -0.131. The van der Waals surface area contributed by atoms with Gasteiger partial charge in [-0.25, -0.2) is 0 Å². The second kappa shape index (κ2) is 11.8. The van der Waals surface area contributed by atoms with Crippen molar-refractivity contribution >= 4 is 17.5 Å². The van der Waals surface area contributed by atoms with E-state index in [0.29, 0.717) is 18.6 Å². The molecule has 1 aromatic heterocycles. The lowest BCUT2D eigenvalue weighted by molar-refractivity contribution is -0.125. The van der Waals surface area contributed by atoms with Crippen molar-refractivity contribution in [2.45, 2.75) is 82.6 Å². The minimum absolute atomic E-state index is 0.102. The van der Waals surface area contributed by atoms with Crippen molar-refractivity contribution in [3.63, 3.8) is 0 Å². The summed E-state index contributed by atoms with van der Waals surface area (Å²) in [6.07, 6.45) is 13.6. The molecule has 2 fully saturated rings. The number of pyridine rings is 1. The molecule has 6 heteroatoms. The second-order valence-corrected chi connectivity index (χ2v) is 9.73. The van der Waals surface area contributed by atoms with Gasteiger partial charge in [0.15, 0.2) is 0 Å². The molecule has 1 aliphatic heterocycles. The molecule has 2 heterocycles. The highest BCUT2D eigenvalue weighted by Gasteiger charge is 2.37. The van der Waals surface area contributed by atoms with Crippen LogP contribution in [0.4, 0.5) is 0 Å². The van der Waals surface area contributed by atoms with Crippen LogP contribution in [0.2, 0.25) is 5.02 Å². The fraction of sp³-hybridized carbons (Fsp3) is 0.538. The molecule has 1 saturated heterocycles. The Kier molecular flexibility index (Phi) is 8.55. The molecular formula is C26H35ClN4O. The van der Waals surface area contributed by atoms with Crippen LogP contribution >= 0.6 is 11.6 Å². The molecule has 2 aliphatic rings. The van der Waals surface area contributed by atoms with E-state index < -0.39 is 0 Å². The van der Waals surface area contributed by atoms with E-state index in [2.05, 4.69) is 32.7 Å². The average Bonchev–Trinajstić information content (AvgIpc) is 3.18. The molecule has 1 aromatic carbocycles. The number of amides is 1. The summed E-state index contributed by atoms with van der Waals surface area (Å²) in [6, 6.07) is 12.7. The summed E-state index contributed by atoms with van der Waals surface area (Å²) >= 11 is 6.07. The molecule has 0 spiro atoms. The molecule has 2 aromatic rings. The van der Waals surface area contributed by atoms with Gasteiger partial charge in [-0.3, -0.25) is 14.7 Å². The number of hydrogen-bond acceptors (Lipinski definition) is 4. The van der Waals surface area contributed by atoms with Gasteiger partial charge in [0.1, 0.15) is 0 Å². The van der Waals surface area contributed by atoms with Crippen molar-refractivity contribution in [3.05, 3.63) is 64.9 Å². The number of nitrogens with zero attached hydrogens (tertiary/aromatic N) is 2. The predicted molar refractivity (Wildman–Crippen MR) is 129 cm³/mol. The largest absolute Gasteiger partial charge is 0.351 e. The van der Waals surface area contributed by atoms with Crippen LogP contribution in [-0.4, -0.2) is 40.5 Å². The summed E-state index contributed by atoms with van der Waals surface area (Å²) in [4.78, 5) is 19.7. The Morgan fingerprint density at radius 1 is 1.00 bits per heavy atom. The number of carbonyl (C=O) groups is 1. The molecule has 1 saturated carbocycles. The van der Waals surface area contributed by atoms with Gasteiger partial charge in [-0.15, -0.1) is 0 Å². The summed E-state index contributed by atoms with van der Waals surface area (Å²) in [7, 11) is 0. The van der Waals surface area contributed by atoms with Crippen LogP contribution in [0.1, 0.15) is 62.5 Å². The van der Waals surface area contributed by atoms with Crippen LogP contribution < -0.4 is 10.6 Å². The zero-order chi connectivity index (χ0) is 22.2.